The van der Waals surface area contributed by atoms with E-state index in [0.717, 1.165) is 34.5 Å². The number of hydrogen-bond donors (Lipinski definition) is 3. The molecular weight excluding hydrogens is 288 g/mol. The number of sulfonamides is 1. The van der Waals surface area contributed by atoms with E-state index in [1.165, 1.54) is 0 Å². The number of nitrogens with one attached hydrogen (secondary N) is 3. The first-order valence-electron chi connectivity index (χ1n) is 6.59. The smallest absolute Gasteiger partial charge is 0.229 e. The van der Waals surface area contributed by atoms with Crippen molar-refractivity contribution in [1.29, 1.82) is 0 Å². The molecule has 1 heterocycles. The fourth-order valence-corrected chi connectivity index (χ4v) is 2.74. The van der Waals surface area contributed by atoms with Crippen molar-refractivity contribution in [2.45, 2.75) is 27.3 Å². The van der Waals surface area contributed by atoms with Gasteiger partial charge in [-0.15, -0.1) is 0 Å². The predicted molar refractivity (Wildman–Crippen MR) is 85.0 cm³/mol. The minimum atomic E-state index is -3.25. The molecule has 114 valence electrons. The lowest BCUT2D eigenvalue weighted by atomic mass is 10.1. The zero-order chi connectivity index (χ0) is 15.6. The minimum Gasteiger partial charge on any atom is -0.381 e. The van der Waals surface area contributed by atoms with Crippen LogP contribution < -0.4 is 10.0 Å². The van der Waals surface area contributed by atoms with Gasteiger partial charge in [-0.3, -0.25) is 9.82 Å². The van der Waals surface area contributed by atoms with Gasteiger partial charge in [0.2, 0.25) is 10.0 Å². The fourth-order valence-electron chi connectivity index (χ4n) is 2.11. The summed E-state index contributed by atoms with van der Waals surface area (Å²) in [5, 5.41) is 10.4. The van der Waals surface area contributed by atoms with Crippen molar-refractivity contribution < 1.29 is 8.42 Å². The molecule has 0 unspecified atom stereocenters. The number of anilines is 2. The molecule has 0 amide bonds. The van der Waals surface area contributed by atoms with Gasteiger partial charge in [-0.05, 0) is 44.5 Å². The molecule has 0 bridgehead atoms. The summed E-state index contributed by atoms with van der Waals surface area (Å²) in [5.74, 6) is 0. The molecule has 0 aliphatic heterocycles. The van der Waals surface area contributed by atoms with Crippen molar-refractivity contribution >= 4 is 21.4 Å². The normalized spacial score (nSPS) is 11.4. The van der Waals surface area contributed by atoms with Gasteiger partial charge in [0.25, 0.3) is 0 Å². The predicted octanol–water partition coefficient (Wildman–Crippen LogP) is 2.32. The number of hydrogen-bond acceptors (Lipinski definition) is 4. The van der Waals surface area contributed by atoms with Crippen molar-refractivity contribution in [3.63, 3.8) is 0 Å². The maximum Gasteiger partial charge on any atom is 0.229 e. The van der Waals surface area contributed by atoms with Gasteiger partial charge in [0.05, 0.1) is 17.6 Å². The molecule has 0 aliphatic carbocycles. The number of benzene rings is 1. The Bertz CT molecular complexity index is 731. The number of H-pyrrole nitrogens is 1. The molecule has 1 aromatic heterocycles. The first-order valence-corrected chi connectivity index (χ1v) is 8.48. The molecule has 2 aromatic rings. The zero-order valence-electron chi connectivity index (χ0n) is 12.6. The second-order valence-electron chi connectivity index (χ2n) is 5.17. The Morgan fingerprint density at radius 3 is 2.48 bits per heavy atom. The van der Waals surface area contributed by atoms with Crippen molar-refractivity contribution in [2.75, 3.05) is 16.3 Å². The zero-order valence-corrected chi connectivity index (χ0v) is 13.4. The van der Waals surface area contributed by atoms with Crippen LogP contribution >= 0.6 is 0 Å². The average molecular weight is 308 g/mol. The van der Waals surface area contributed by atoms with Crippen molar-refractivity contribution in [3.05, 3.63) is 40.7 Å². The maximum atomic E-state index is 11.3. The van der Waals surface area contributed by atoms with Crippen molar-refractivity contribution in [1.82, 2.24) is 10.2 Å². The molecular formula is C14H20N4O2S. The number of nitrogens with zero attached hydrogens (tertiary/aromatic N) is 1. The van der Waals surface area contributed by atoms with E-state index >= 15 is 0 Å². The Morgan fingerprint density at radius 2 is 1.95 bits per heavy atom. The number of aromatic nitrogens is 2. The summed E-state index contributed by atoms with van der Waals surface area (Å²) >= 11 is 0. The molecule has 0 saturated carbocycles. The summed E-state index contributed by atoms with van der Waals surface area (Å²) in [7, 11) is -3.25. The summed E-state index contributed by atoms with van der Waals surface area (Å²) in [5.41, 5.74) is 5.57. The molecule has 0 atom stereocenters. The number of aryl methyl sites for hydroxylation is 3. The SMILES string of the molecule is Cc1cc(NCc2c(C)n[nH]c2C)ccc1NS(C)(=O)=O. The molecule has 1 aromatic carbocycles. The van der Waals surface area contributed by atoms with Gasteiger partial charge in [-0.1, -0.05) is 0 Å². The molecule has 0 aliphatic rings. The van der Waals surface area contributed by atoms with Gasteiger partial charge in [0.15, 0.2) is 0 Å². The van der Waals surface area contributed by atoms with Gasteiger partial charge in [0.1, 0.15) is 0 Å². The van der Waals surface area contributed by atoms with Crippen LogP contribution in [0.5, 0.6) is 0 Å². The maximum absolute atomic E-state index is 11.3. The lowest BCUT2D eigenvalue weighted by Crippen LogP contribution is -2.10. The van der Waals surface area contributed by atoms with Crippen LogP contribution in [-0.2, 0) is 16.6 Å². The van der Waals surface area contributed by atoms with Crippen molar-refractivity contribution in [2.24, 2.45) is 0 Å². The van der Waals surface area contributed by atoms with Gasteiger partial charge in [0, 0.05) is 23.5 Å². The van der Waals surface area contributed by atoms with E-state index in [4.69, 9.17) is 0 Å². The van der Waals surface area contributed by atoms with Crippen LogP contribution in [0.1, 0.15) is 22.5 Å². The molecule has 21 heavy (non-hydrogen) atoms. The quantitative estimate of drug-likeness (QED) is 0.791. The Morgan fingerprint density at radius 1 is 1.24 bits per heavy atom. The van der Waals surface area contributed by atoms with E-state index in [2.05, 4.69) is 20.2 Å². The van der Waals surface area contributed by atoms with Gasteiger partial charge in [-0.25, -0.2) is 8.42 Å². The molecule has 0 saturated heterocycles. The van der Waals surface area contributed by atoms with Crippen LogP contribution in [0.15, 0.2) is 18.2 Å². The third-order valence-corrected chi connectivity index (χ3v) is 3.86. The molecule has 0 radical (unpaired) electrons. The second-order valence-corrected chi connectivity index (χ2v) is 6.92. The van der Waals surface area contributed by atoms with Crippen LogP contribution in [0, 0.1) is 20.8 Å². The number of aromatic amines is 1. The Kier molecular flexibility index (Phi) is 4.22. The topological polar surface area (TPSA) is 86.9 Å². The van der Waals surface area contributed by atoms with Crippen LogP contribution in [0.25, 0.3) is 0 Å². The summed E-state index contributed by atoms with van der Waals surface area (Å²) < 4.78 is 25.0. The van der Waals surface area contributed by atoms with E-state index in [1.54, 1.807) is 6.07 Å². The Labute approximate surface area is 125 Å². The highest BCUT2D eigenvalue weighted by molar-refractivity contribution is 7.92. The van der Waals surface area contributed by atoms with Crippen LogP contribution in [0.4, 0.5) is 11.4 Å². The summed E-state index contributed by atoms with van der Waals surface area (Å²) in [6, 6.07) is 5.53. The standard InChI is InChI=1S/C14H20N4O2S/c1-9-7-12(5-6-14(9)18-21(4,19)20)15-8-13-10(2)16-17-11(13)3/h5-7,15,18H,8H2,1-4H3,(H,16,17). The first-order chi connectivity index (χ1) is 9.76. The highest BCUT2D eigenvalue weighted by Gasteiger charge is 2.08. The third-order valence-electron chi connectivity index (χ3n) is 3.27. The van der Waals surface area contributed by atoms with Crippen LogP contribution in [-0.4, -0.2) is 24.9 Å². The monoisotopic (exact) mass is 308 g/mol. The average Bonchev–Trinajstić information content (AvgIpc) is 2.68. The second kappa shape index (κ2) is 5.77. The van der Waals surface area contributed by atoms with Crippen molar-refractivity contribution in [3.8, 4) is 0 Å². The van der Waals surface area contributed by atoms with E-state index in [1.807, 2.05) is 32.9 Å². The molecule has 0 spiro atoms. The summed E-state index contributed by atoms with van der Waals surface area (Å²) in [6.45, 7) is 6.49. The van der Waals surface area contributed by atoms with E-state index in [-0.39, 0.29) is 0 Å². The summed E-state index contributed by atoms with van der Waals surface area (Å²) in [6.07, 6.45) is 1.14. The molecule has 3 N–H and O–H groups in total. The van der Waals surface area contributed by atoms with E-state index in [9.17, 15) is 8.42 Å². The molecule has 2 rings (SSSR count). The molecule has 6 nitrogen and oxygen atoms in total. The highest BCUT2D eigenvalue weighted by Crippen LogP contribution is 2.21. The number of rotatable bonds is 5. The molecule has 7 heteroatoms. The van der Waals surface area contributed by atoms with Gasteiger partial charge < -0.3 is 5.32 Å². The van der Waals surface area contributed by atoms with Gasteiger partial charge in [-0.2, -0.15) is 5.10 Å². The van der Waals surface area contributed by atoms with E-state index < -0.39 is 10.0 Å². The highest BCUT2D eigenvalue weighted by atomic mass is 32.2. The summed E-state index contributed by atoms with van der Waals surface area (Å²) in [4.78, 5) is 0. The lowest BCUT2D eigenvalue weighted by molar-refractivity contribution is 0.607. The fraction of sp³-hybridized carbons (Fsp3) is 0.357. The van der Waals surface area contributed by atoms with Crippen LogP contribution in [0.2, 0.25) is 0 Å². The van der Waals surface area contributed by atoms with E-state index in [0.29, 0.717) is 12.2 Å². The largest absolute Gasteiger partial charge is 0.381 e. The van der Waals surface area contributed by atoms with Gasteiger partial charge >= 0.3 is 0 Å². The molecule has 0 fully saturated rings. The first kappa shape index (κ1) is 15.4. The minimum absolute atomic E-state index is 0.596. The Balaban J connectivity index is 2.10. The van der Waals surface area contributed by atoms with Crippen LogP contribution in [0.3, 0.4) is 0 Å². The lowest BCUT2D eigenvalue weighted by Gasteiger charge is -2.11. The third kappa shape index (κ3) is 3.98. The Hall–Kier alpha value is -2.02.